The number of pyridine rings is 1. The molecule has 0 saturated heterocycles. The summed E-state index contributed by atoms with van der Waals surface area (Å²) in [6.45, 7) is 14.4. The lowest BCUT2D eigenvalue weighted by Gasteiger charge is -2.32. The van der Waals surface area contributed by atoms with Crippen LogP contribution in [-0.4, -0.2) is 68.1 Å². The minimum absolute atomic E-state index is 0.0239. The minimum Gasteiger partial charge on any atom is -0.484 e. The summed E-state index contributed by atoms with van der Waals surface area (Å²) in [6.07, 6.45) is 4.14. The first kappa shape index (κ1) is 33.8. The second kappa shape index (κ2) is 14.5. The van der Waals surface area contributed by atoms with Gasteiger partial charge in [0, 0.05) is 30.5 Å². The highest BCUT2D eigenvalue weighted by molar-refractivity contribution is 5.92. The zero-order chi connectivity index (χ0) is 33.7. The first-order valence-electron chi connectivity index (χ1n) is 16.5. The van der Waals surface area contributed by atoms with Gasteiger partial charge >= 0.3 is 6.03 Å². The van der Waals surface area contributed by atoms with Gasteiger partial charge in [-0.2, -0.15) is 0 Å². The van der Waals surface area contributed by atoms with Crippen molar-refractivity contribution in [2.24, 2.45) is 0 Å². The van der Waals surface area contributed by atoms with E-state index in [0.717, 1.165) is 41.3 Å². The number of rotatable bonds is 11. The number of anilines is 1. The van der Waals surface area contributed by atoms with Gasteiger partial charge in [-0.15, -0.1) is 10.2 Å². The van der Waals surface area contributed by atoms with E-state index >= 15 is 0 Å². The van der Waals surface area contributed by atoms with E-state index in [-0.39, 0.29) is 41.0 Å². The molecule has 0 radical (unpaired) electrons. The van der Waals surface area contributed by atoms with Crippen LogP contribution in [0.5, 0.6) is 5.75 Å². The van der Waals surface area contributed by atoms with Gasteiger partial charge in [-0.05, 0) is 56.1 Å². The van der Waals surface area contributed by atoms with Gasteiger partial charge in [-0.25, -0.2) is 14.8 Å². The smallest absolute Gasteiger partial charge is 0.320 e. The van der Waals surface area contributed by atoms with Crippen molar-refractivity contribution in [1.29, 1.82) is 0 Å². The largest absolute Gasteiger partial charge is 0.484 e. The van der Waals surface area contributed by atoms with E-state index in [9.17, 15) is 9.59 Å². The van der Waals surface area contributed by atoms with Crippen LogP contribution in [0.2, 0.25) is 0 Å². The van der Waals surface area contributed by atoms with Crippen LogP contribution in [0.25, 0.3) is 5.65 Å². The molecule has 1 unspecified atom stereocenters. The second-order valence-corrected chi connectivity index (χ2v) is 13.3. The summed E-state index contributed by atoms with van der Waals surface area (Å²) in [5, 5.41) is 17.6. The third-order valence-electron chi connectivity index (χ3n) is 8.73. The molecule has 3 atom stereocenters. The van der Waals surface area contributed by atoms with Crippen LogP contribution in [0.15, 0.2) is 48.7 Å². The summed E-state index contributed by atoms with van der Waals surface area (Å²) >= 11 is 0. The molecule has 47 heavy (non-hydrogen) atoms. The summed E-state index contributed by atoms with van der Waals surface area (Å²) in [5.41, 5.74) is 3.11. The van der Waals surface area contributed by atoms with Crippen molar-refractivity contribution >= 4 is 23.4 Å². The van der Waals surface area contributed by atoms with Gasteiger partial charge in [-0.3, -0.25) is 14.5 Å². The predicted molar refractivity (Wildman–Crippen MR) is 182 cm³/mol. The van der Waals surface area contributed by atoms with Crippen molar-refractivity contribution in [2.75, 3.05) is 32.0 Å². The number of fused-ring (bicyclic) bond motifs is 2. The summed E-state index contributed by atoms with van der Waals surface area (Å²) < 4.78 is 8.55. The Bertz CT molecular complexity index is 1710. The molecule has 1 aromatic carbocycles. The fourth-order valence-electron chi connectivity index (χ4n) is 5.57. The molecule has 12 heteroatoms. The maximum atomic E-state index is 13.4. The van der Waals surface area contributed by atoms with Crippen LogP contribution in [0.1, 0.15) is 112 Å². The predicted octanol–water partition coefficient (Wildman–Crippen LogP) is 5.79. The molecule has 0 aliphatic heterocycles. The van der Waals surface area contributed by atoms with Crippen molar-refractivity contribution in [2.45, 2.75) is 84.3 Å². The Morgan fingerprint density at radius 2 is 1.83 bits per heavy atom. The van der Waals surface area contributed by atoms with Gasteiger partial charge in [0.2, 0.25) is 5.82 Å². The van der Waals surface area contributed by atoms with E-state index in [4.69, 9.17) is 4.74 Å². The molecule has 0 saturated carbocycles. The SMILES string of the molecule is CCC(C)c1nnc2ccc(O[C@@H]3CC[C@H](NC(=O)Nc4cc(C(C)(C)C)nc(C(=O)NCCN(C)CC)n4)c4ccccc43)cn12. The first-order valence-corrected chi connectivity index (χ1v) is 16.5. The van der Waals surface area contributed by atoms with Crippen LogP contribution >= 0.6 is 0 Å². The van der Waals surface area contributed by atoms with Crippen LogP contribution in [0.3, 0.4) is 0 Å². The lowest BCUT2D eigenvalue weighted by Crippen LogP contribution is -2.36. The molecule has 3 aromatic heterocycles. The molecule has 4 aromatic rings. The Kier molecular flexibility index (Phi) is 10.4. The highest BCUT2D eigenvalue weighted by Gasteiger charge is 2.30. The standard InChI is InChI=1S/C35H47N9O3/c1-8-22(3)32-42-41-30-17-14-23(21-44(30)32)47-27-16-15-26(24-12-10-11-13-25(24)27)37-34(46)40-29-20-28(35(4,5)6)38-31(39-29)33(45)36-18-19-43(7)9-2/h10-14,17,20-22,26-27H,8-9,15-16,18-19H2,1-7H3,(H,36,45)(H2,37,38,39,40,46)/t22?,26-,27+/m0/s1. The molecule has 0 fully saturated rings. The third kappa shape index (κ3) is 8.05. The molecule has 0 spiro atoms. The van der Waals surface area contributed by atoms with Crippen molar-refractivity contribution < 1.29 is 14.3 Å². The number of carbonyl (C=O) groups is 2. The van der Waals surface area contributed by atoms with Gasteiger partial charge in [0.15, 0.2) is 5.65 Å². The Hall–Kier alpha value is -4.58. The van der Waals surface area contributed by atoms with E-state index in [0.29, 0.717) is 31.6 Å². The highest BCUT2D eigenvalue weighted by Crippen LogP contribution is 2.39. The molecular weight excluding hydrogens is 594 g/mol. The van der Waals surface area contributed by atoms with Crippen LogP contribution in [-0.2, 0) is 5.41 Å². The first-order chi connectivity index (χ1) is 22.5. The lowest BCUT2D eigenvalue weighted by atomic mass is 9.85. The van der Waals surface area contributed by atoms with Crippen LogP contribution in [0.4, 0.5) is 10.6 Å². The van der Waals surface area contributed by atoms with Gasteiger partial charge in [0.25, 0.3) is 5.91 Å². The zero-order valence-electron chi connectivity index (χ0n) is 28.5. The molecule has 1 aliphatic rings. The molecule has 12 nitrogen and oxygen atoms in total. The summed E-state index contributed by atoms with van der Waals surface area (Å²) in [6, 6.07) is 13.0. The molecule has 3 amide bonds. The number of nitrogens with zero attached hydrogens (tertiary/aromatic N) is 6. The fourth-order valence-corrected chi connectivity index (χ4v) is 5.57. The van der Waals surface area contributed by atoms with Crippen molar-refractivity contribution in [1.82, 2.24) is 40.1 Å². The third-order valence-corrected chi connectivity index (χ3v) is 8.73. The Morgan fingerprint density at radius 3 is 2.55 bits per heavy atom. The van der Waals surface area contributed by atoms with Crippen molar-refractivity contribution in [3.63, 3.8) is 0 Å². The van der Waals surface area contributed by atoms with Crippen LogP contribution < -0.4 is 20.7 Å². The molecule has 5 rings (SSSR count). The van der Waals surface area contributed by atoms with E-state index < -0.39 is 6.03 Å². The number of aromatic nitrogens is 5. The van der Waals surface area contributed by atoms with Crippen molar-refractivity contribution in [3.05, 3.63) is 77.1 Å². The fraction of sp³-hybridized carbons (Fsp3) is 0.486. The number of hydrogen-bond acceptors (Lipinski definition) is 8. The van der Waals surface area contributed by atoms with Gasteiger partial charge in [0.1, 0.15) is 23.5 Å². The average molecular weight is 642 g/mol. The Labute approximate surface area is 276 Å². The van der Waals surface area contributed by atoms with Gasteiger partial charge in [-0.1, -0.05) is 65.8 Å². The highest BCUT2D eigenvalue weighted by atomic mass is 16.5. The number of ether oxygens (including phenoxy) is 1. The Morgan fingerprint density at radius 1 is 1.06 bits per heavy atom. The average Bonchev–Trinajstić information content (AvgIpc) is 3.48. The number of urea groups is 1. The lowest BCUT2D eigenvalue weighted by molar-refractivity contribution is 0.0939. The van der Waals surface area contributed by atoms with Gasteiger partial charge in [0.05, 0.1) is 17.9 Å². The normalized spacial score (nSPS) is 16.9. The maximum absolute atomic E-state index is 13.4. The molecule has 3 N–H and O–H groups in total. The second-order valence-electron chi connectivity index (χ2n) is 13.3. The van der Waals surface area contributed by atoms with Gasteiger partial charge < -0.3 is 20.3 Å². The monoisotopic (exact) mass is 641 g/mol. The molecular formula is C35H47N9O3. The summed E-state index contributed by atoms with van der Waals surface area (Å²) in [7, 11) is 1.99. The van der Waals surface area contributed by atoms with E-state index in [1.54, 1.807) is 6.07 Å². The number of amides is 3. The number of benzene rings is 1. The number of likely N-dealkylation sites (N-methyl/N-ethyl adjacent to an activating group) is 1. The van der Waals surface area contributed by atoms with E-state index in [1.165, 1.54) is 0 Å². The zero-order valence-corrected chi connectivity index (χ0v) is 28.5. The topological polar surface area (TPSA) is 139 Å². The molecule has 3 heterocycles. The summed E-state index contributed by atoms with van der Waals surface area (Å²) in [5.74, 6) is 1.84. The van der Waals surface area contributed by atoms with E-state index in [1.807, 2.05) is 68.7 Å². The quantitative estimate of drug-likeness (QED) is 0.187. The molecule has 250 valence electrons. The molecule has 1 aliphatic carbocycles. The Balaban J connectivity index is 1.29. The number of hydrogen-bond donors (Lipinski definition) is 3. The van der Waals surface area contributed by atoms with Crippen molar-refractivity contribution in [3.8, 4) is 5.75 Å². The maximum Gasteiger partial charge on any atom is 0.320 e. The summed E-state index contributed by atoms with van der Waals surface area (Å²) in [4.78, 5) is 37.3. The number of nitrogens with one attached hydrogen (secondary N) is 3. The van der Waals surface area contributed by atoms with E-state index in [2.05, 4.69) is 67.9 Å². The minimum atomic E-state index is -0.408. The molecule has 0 bridgehead atoms. The van der Waals surface area contributed by atoms with Crippen LogP contribution in [0, 0.1) is 0 Å². The number of carbonyl (C=O) groups excluding carboxylic acids is 2.